The van der Waals surface area contributed by atoms with Gasteiger partial charge in [0.2, 0.25) is 0 Å². The second-order valence-electron chi connectivity index (χ2n) is 4.27. The standard InChI is InChI=1S/C13H19ClO5S/c1-3-5-20(16,17)6-4-19-13-11(14)7-10(9-15)8-12(13)18-2/h7-8,15H,3-6,9H2,1-2H3. The molecule has 1 aromatic carbocycles. The summed E-state index contributed by atoms with van der Waals surface area (Å²) >= 11 is 6.04. The quantitative estimate of drug-likeness (QED) is 0.793. The normalized spacial score (nSPS) is 11.4. The Labute approximate surface area is 124 Å². The molecule has 0 unspecified atom stereocenters. The van der Waals surface area contributed by atoms with E-state index in [0.29, 0.717) is 17.7 Å². The van der Waals surface area contributed by atoms with Crippen molar-refractivity contribution in [1.29, 1.82) is 0 Å². The number of halogens is 1. The maximum atomic E-state index is 11.6. The lowest BCUT2D eigenvalue weighted by Gasteiger charge is -2.13. The molecule has 1 rings (SSSR count). The third kappa shape index (κ3) is 4.85. The molecule has 0 spiro atoms. The molecule has 20 heavy (non-hydrogen) atoms. The van der Waals surface area contributed by atoms with Gasteiger partial charge in [-0.25, -0.2) is 8.42 Å². The lowest BCUT2D eigenvalue weighted by atomic mass is 10.2. The van der Waals surface area contributed by atoms with Crippen LogP contribution in [0.5, 0.6) is 11.5 Å². The van der Waals surface area contributed by atoms with E-state index in [1.165, 1.54) is 7.11 Å². The van der Waals surface area contributed by atoms with E-state index < -0.39 is 9.84 Å². The monoisotopic (exact) mass is 322 g/mol. The molecule has 1 N–H and O–H groups in total. The van der Waals surface area contributed by atoms with Gasteiger partial charge in [0.1, 0.15) is 6.61 Å². The molecule has 0 aliphatic heterocycles. The molecule has 0 saturated carbocycles. The first-order valence-corrected chi connectivity index (χ1v) is 8.44. The Hall–Kier alpha value is -0.980. The van der Waals surface area contributed by atoms with E-state index in [9.17, 15) is 8.42 Å². The predicted octanol–water partition coefficient (Wildman–Crippen LogP) is 2.04. The van der Waals surface area contributed by atoms with Gasteiger partial charge in [-0.05, 0) is 24.1 Å². The van der Waals surface area contributed by atoms with E-state index in [0.717, 1.165) is 0 Å². The average Bonchev–Trinajstić information content (AvgIpc) is 2.39. The van der Waals surface area contributed by atoms with E-state index in [1.807, 2.05) is 6.92 Å². The van der Waals surface area contributed by atoms with Crippen molar-refractivity contribution >= 4 is 21.4 Å². The van der Waals surface area contributed by atoms with Gasteiger partial charge in [0, 0.05) is 0 Å². The Morgan fingerprint density at radius 1 is 1.30 bits per heavy atom. The zero-order chi connectivity index (χ0) is 15.2. The number of sulfone groups is 1. The van der Waals surface area contributed by atoms with Crippen LogP contribution in [0.15, 0.2) is 12.1 Å². The highest BCUT2D eigenvalue weighted by Gasteiger charge is 2.14. The number of benzene rings is 1. The maximum absolute atomic E-state index is 11.6. The zero-order valence-electron chi connectivity index (χ0n) is 11.6. The van der Waals surface area contributed by atoms with Gasteiger partial charge >= 0.3 is 0 Å². The Morgan fingerprint density at radius 2 is 2.00 bits per heavy atom. The summed E-state index contributed by atoms with van der Waals surface area (Å²) in [5, 5.41) is 9.36. The summed E-state index contributed by atoms with van der Waals surface area (Å²) in [7, 11) is -1.64. The molecule has 0 atom stereocenters. The molecule has 0 heterocycles. The third-order valence-electron chi connectivity index (χ3n) is 2.63. The van der Waals surface area contributed by atoms with Crippen molar-refractivity contribution in [1.82, 2.24) is 0 Å². The van der Waals surface area contributed by atoms with Gasteiger partial charge in [0.15, 0.2) is 21.3 Å². The summed E-state index contributed by atoms with van der Waals surface area (Å²) in [6.45, 7) is 1.66. The minimum Gasteiger partial charge on any atom is -0.493 e. The third-order valence-corrected chi connectivity index (χ3v) is 4.73. The molecular weight excluding hydrogens is 304 g/mol. The summed E-state index contributed by atoms with van der Waals surface area (Å²) in [5.41, 5.74) is 0.595. The molecule has 0 amide bonds. The molecule has 0 saturated heterocycles. The summed E-state index contributed by atoms with van der Waals surface area (Å²) in [6, 6.07) is 3.15. The summed E-state index contributed by atoms with van der Waals surface area (Å²) < 4.78 is 33.7. The molecular formula is C13H19ClO5S. The summed E-state index contributed by atoms with van der Waals surface area (Å²) in [6.07, 6.45) is 0.581. The van der Waals surface area contributed by atoms with E-state index in [2.05, 4.69) is 0 Å². The van der Waals surface area contributed by atoms with Crippen molar-refractivity contribution in [3.05, 3.63) is 22.7 Å². The van der Waals surface area contributed by atoms with Crippen LogP contribution in [-0.4, -0.2) is 38.7 Å². The highest BCUT2D eigenvalue weighted by atomic mass is 35.5. The van der Waals surface area contributed by atoms with Crippen molar-refractivity contribution in [2.24, 2.45) is 0 Å². The number of rotatable bonds is 8. The van der Waals surface area contributed by atoms with E-state index in [4.69, 9.17) is 26.2 Å². The van der Waals surface area contributed by atoms with Crippen LogP contribution in [0.3, 0.4) is 0 Å². The first-order chi connectivity index (χ1) is 9.43. The van der Waals surface area contributed by atoms with Crippen LogP contribution in [0.25, 0.3) is 0 Å². The fraction of sp³-hybridized carbons (Fsp3) is 0.538. The van der Waals surface area contributed by atoms with Gasteiger partial charge in [0.25, 0.3) is 0 Å². The van der Waals surface area contributed by atoms with Crippen LogP contribution < -0.4 is 9.47 Å². The first-order valence-electron chi connectivity index (χ1n) is 6.24. The van der Waals surface area contributed by atoms with Gasteiger partial charge in [-0.15, -0.1) is 0 Å². The molecule has 1 aromatic rings. The first kappa shape index (κ1) is 17.1. The number of hydrogen-bond acceptors (Lipinski definition) is 5. The fourth-order valence-corrected chi connectivity index (χ4v) is 3.14. The average molecular weight is 323 g/mol. The van der Waals surface area contributed by atoms with Gasteiger partial charge < -0.3 is 14.6 Å². The van der Waals surface area contributed by atoms with Gasteiger partial charge in [-0.2, -0.15) is 0 Å². The number of methoxy groups -OCH3 is 1. The van der Waals surface area contributed by atoms with Crippen molar-refractivity contribution in [3.8, 4) is 11.5 Å². The van der Waals surface area contributed by atoms with Crippen molar-refractivity contribution < 1.29 is 23.0 Å². The van der Waals surface area contributed by atoms with Crippen molar-refractivity contribution in [2.45, 2.75) is 20.0 Å². The Bertz CT molecular complexity index is 542. The molecule has 114 valence electrons. The minimum atomic E-state index is -3.10. The molecule has 0 aromatic heterocycles. The molecule has 7 heteroatoms. The molecule has 0 aliphatic rings. The highest BCUT2D eigenvalue weighted by molar-refractivity contribution is 7.91. The Morgan fingerprint density at radius 3 is 2.55 bits per heavy atom. The highest BCUT2D eigenvalue weighted by Crippen LogP contribution is 2.36. The second kappa shape index (κ2) is 7.71. The Kier molecular flexibility index (Phi) is 6.58. The van der Waals surface area contributed by atoms with Gasteiger partial charge in [-0.3, -0.25) is 0 Å². The van der Waals surface area contributed by atoms with E-state index in [1.54, 1.807) is 12.1 Å². The number of aliphatic hydroxyl groups excluding tert-OH is 1. The van der Waals surface area contributed by atoms with Crippen LogP contribution >= 0.6 is 11.6 Å². The van der Waals surface area contributed by atoms with Crippen LogP contribution in [0, 0.1) is 0 Å². The van der Waals surface area contributed by atoms with E-state index >= 15 is 0 Å². The molecule has 0 radical (unpaired) electrons. The summed E-state index contributed by atoms with van der Waals surface area (Å²) in [5.74, 6) is 0.736. The minimum absolute atomic E-state index is 0.0108. The lowest BCUT2D eigenvalue weighted by Crippen LogP contribution is -2.17. The lowest BCUT2D eigenvalue weighted by molar-refractivity contribution is 0.279. The number of hydrogen-bond donors (Lipinski definition) is 1. The molecule has 0 fully saturated rings. The topological polar surface area (TPSA) is 72.8 Å². The molecule has 5 nitrogen and oxygen atoms in total. The number of ether oxygens (including phenoxy) is 2. The van der Waals surface area contributed by atoms with Crippen molar-refractivity contribution in [2.75, 3.05) is 25.2 Å². The fourth-order valence-electron chi connectivity index (χ4n) is 1.69. The van der Waals surface area contributed by atoms with Gasteiger partial charge in [0.05, 0.1) is 30.2 Å². The van der Waals surface area contributed by atoms with Crippen molar-refractivity contribution in [3.63, 3.8) is 0 Å². The molecule has 0 aliphatic carbocycles. The van der Waals surface area contributed by atoms with Crippen LogP contribution in [-0.2, 0) is 16.4 Å². The number of aliphatic hydroxyl groups is 1. The summed E-state index contributed by atoms with van der Waals surface area (Å²) in [4.78, 5) is 0. The maximum Gasteiger partial charge on any atom is 0.179 e. The zero-order valence-corrected chi connectivity index (χ0v) is 13.1. The van der Waals surface area contributed by atoms with Gasteiger partial charge in [-0.1, -0.05) is 18.5 Å². The van der Waals surface area contributed by atoms with Crippen LogP contribution in [0.4, 0.5) is 0 Å². The van der Waals surface area contributed by atoms with Crippen LogP contribution in [0.2, 0.25) is 5.02 Å². The molecule has 0 bridgehead atoms. The SMILES string of the molecule is CCCS(=O)(=O)CCOc1c(Cl)cc(CO)cc1OC. The predicted molar refractivity (Wildman–Crippen MR) is 78.4 cm³/mol. The Balaban J connectivity index is 2.78. The largest absolute Gasteiger partial charge is 0.493 e. The van der Waals surface area contributed by atoms with E-state index in [-0.39, 0.29) is 35.5 Å². The van der Waals surface area contributed by atoms with Crippen LogP contribution in [0.1, 0.15) is 18.9 Å². The smallest absolute Gasteiger partial charge is 0.179 e. The second-order valence-corrected chi connectivity index (χ2v) is 6.98.